The van der Waals surface area contributed by atoms with Crippen molar-refractivity contribution in [2.24, 2.45) is 0 Å². The lowest BCUT2D eigenvalue weighted by molar-refractivity contribution is 0.332. The van der Waals surface area contributed by atoms with Gasteiger partial charge >= 0.3 is 21.0 Å². The van der Waals surface area contributed by atoms with Crippen LogP contribution in [0.15, 0.2) is 48.5 Å². The number of fused-ring (bicyclic) bond motifs is 8. The third-order valence-electron chi connectivity index (χ3n) is 4.52. The van der Waals surface area contributed by atoms with E-state index in [1.807, 2.05) is 72.8 Å². The fourth-order valence-corrected chi connectivity index (χ4v) is 3.69. The summed E-state index contributed by atoms with van der Waals surface area (Å²) in [7, 11) is 6.29. The van der Waals surface area contributed by atoms with Gasteiger partial charge in [0.15, 0.2) is 0 Å². The molecule has 5 rings (SSSR count). The quantitative estimate of drug-likeness (QED) is 0.431. The molecule has 0 saturated carbocycles. The van der Waals surface area contributed by atoms with E-state index in [0.717, 1.165) is 44.8 Å². The molecule has 0 aromatic carbocycles. The third-order valence-corrected chi connectivity index (χ3v) is 4.88. The second kappa shape index (κ2) is 6.66. The van der Waals surface area contributed by atoms with E-state index >= 15 is 0 Å². The largest absolute Gasteiger partial charge is 0.468 e. The van der Waals surface area contributed by atoms with Gasteiger partial charge in [-0.15, -0.1) is 0 Å². The minimum atomic E-state index is 0.825. The molecule has 0 atom stereocenters. The van der Waals surface area contributed by atoms with Crippen LogP contribution in [0.3, 0.4) is 0 Å². The van der Waals surface area contributed by atoms with E-state index in [1.54, 1.807) is 9.46 Å². The predicted octanol–water partition coefficient (Wildman–Crippen LogP) is 2.63. The average molecular weight is 397 g/mol. The Morgan fingerprint density at radius 2 is 0.821 bits per heavy atom. The number of aromatic nitrogens is 4. The second-order valence-electron chi connectivity index (χ2n) is 6.30. The zero-order valence-corrected chi connectivity index (χ0v) is 16.5. The van der Waals surface area contributed by atoms with Crippen molar-refractivity contribution < 1.29 is 9.05 Å². The molecule has 0 fully saturated rings. The van der Waals surface area contributed by atoms with Gasteiger partial charge in [0, 0.05) is 0 Å². The van der Waals surface area contributed by atoms with Crippen LogP contribution in [0.5, 0.6) is 0 Å². The van der Waals surface area contributed by atoms with Gasteiger partial charge < -0.3 is 9.05 Å². The lowest BCUT2D eigenvalue weighted by Crippen LogP contribution is -2.06. The highest BCUT2D eigenvalue weighted by molar-refractivity contribution is 5.99. The minimum Gasteiger partial charge on any atom is -0.468 e. The molecule has 8 heteroatoms. The number of rotatable bonds is 2. The fourth-order valence-electron chi connectivity index (χ4n) is 3.26. The molecular weight excluding hydrogens is 384 g/mol. The van der Waals surface area contributed by atoms with Crippen LogP contribution in [0.4, 0.5) is 0 Å². The standard InChI is InChI=1S/C20H12N4O2Si2/c27-25-23-17-5-6-19(23)11-15-3-4-16(22-15)12-20-8-7-18(24(20)26-28)10-14-2-1-13(9-17)21-14/h1-12H. The molecule has 6 radical (unpaired) electrons. The van der Waals surface area contributed by atoms with Crippen LogP contribution >= 0.6 is 0 Å². The smallest absolute Gasteiger partial charge is 0.385 e. The van der Waals surface area contributed by atoms with Gasteiger partial charge in [-0.3, -0.25) is 0 Å². The van der Waals surface area contributed by atoms with Crippen molar-refractivity contribution in [3.05, 3.63) is 71.3 Å². The van der Waals surface area contributed by atoms with Crippen LogP contribution < -0.4 is 9.05 Å². The molecule has 0 unspecified atom stereocenters. The van der Waals surface area contributed by atoms with E-state index in [2.05, 4.69) is 30.9 Å². The molecule has 3 aromatic heterocycles. The van der Waals surface area contributed by atoms with Gasteiger partial charge in [0.25, 0.3) is 0 Å². The van der Waals surface area contributed by atoms with E-state index in [9.17, 15) is 0 Å². The first-order valence-electron chi connectivity index (χ1n) is 8.51. The summed E-state index contributed by atoms with van der Waals surface area (Å²) >= 11 is 0. The van der Waals surface area contributed by atoms with Crippen molar-refractivity contribution in [2.45, 2.75) is 0 Å². The summed E-state index contributed by atoms with van der Waals surface area (Å²) in [5.74, 6) is 0. The molecule has 0 N–H and O–H groups in total. The zero-order valence-electron chi connectivity index (χ0n) is 14.5. The van der Waals surface area contributed by atoms with Crippen LogP contribution in [0, 0.1) is 0 Å². The molecule has 6 nitrogen and oxygen atoms in total. The summed E-state index contributed by atoms with van der Waals surface area (Å²) in [6.45, 7) is 0. The van der Waals surface area contributed by atoms with Crippen LogP contribution in [0.2, 0.25) is 0 Å². The summed E-state index contributed by atoms with van der Waals surface area (Å²) in [5.41, 5.74) is 6.71. The van der Waals surface area contributed by atoms with Gasteiger partial charge in [0.1, 0.15) is 0 Å². The van der Waals surface area contributed by atoms with Gasteiger partial charge in [0.2, 0.25) is 0 Å². The molecular formula is C20H12N4O2Si2. The zero-order chi connectivity index (χ0) is 19.1. The van der Waals surface area contributed by atoms with Gasteiger partial charge in [-0.2, -0.15) is 0 Å². The van der Waals surface area contributed by atoms with Crippen LogP contribution in [0.1, 0.15) is 22.8 Å². The highest BCUT2D eigenvalue weighted by atomic mass is 28.2. The van der Waals surface area contributed by atoms with Crippen molar-refractivity contribution in [3.63, 3.8) is 0 Å². The van der Waals surface area contributed by atoms with Crippen LogP contribution in [-0.2, 0) is 0 Å². The fraction of sp³-hybridized carbons (Fsp3) is 0. The van der Waals surface area contributed by atoms with Crippen molar-refractivity contribution in [1.82, 2.24) is 19.4 Å². The molecule has 3 aromatic rings. The second-order valence-corrected chi connectivity index (χ2v) is 6.67. The first-order chi connectivity index (χ1) is 13.7. The lowest BCUT2D eigenvalue weighted by atomic mass is 10.3. The van der Waals surface area contributed by atoms with Crippen molar-refractivity contribution >= 4 is 67.3 Å². The Morgan fingerprint density at radius 3 is 1.07 bits per heavy atom. The van der Waals surface area contributed by atoms with E-state index in [4.69, 9.17) is 9.05 Å². The Bertz CT molecular complexity index is 1120. The SMILES string of the molecule is [Si]On1c2ccc1cc1nc(cc3ccc(cc4nc(c2)C=C4)n3O[Si])C=C1. The number of nitrogens with zero attached hydrogens (tertiary/aromatic N) is 4. The van der Waals surface area contributed by atoms with E-state index in [1.165, 1.54) is 0 Å². The molecule has 0 amide bonds. The molecule has 2 aliphatic heterocycles. The molecule has 2 aliphatic rings. The van der Waals surface area contributed by atoms with Crippen LogP contribution in [0.25, 0.3) is 46.4 Å². The molecule has 5 heterocycles. The Hall–Kier alpha value is -3.37. The summed E-state index contributed by atoms with van der Waals surface area (Å²) in [6, 6.07) is 15.7. The summed E-state index contributed by atoms with van der Waals surface area (Å²) in [4.78, 5) is 9.31. The van der Waals surface area contributed by atoms with Crippen molar-refractivity contribution in [2.75, 3.05) is 0 Å². The maximum Gasteiger partial charge on any atom is 0.385 e. The van der Waals surface area contributed by atoms with E-state index in [0.29, 0.717) is 0 Å². The van der Waals surface area contributed by atoms with Gasteiger partial charge in [-0.1, -0.05) is 0 Å². The number of hydrogen-bond acceptors (Lipinski definition) is 4. The average Bonchev–Trinajstić information content (AvgIpc) is 3.46. The summed E-state index contributed by atoms with van der Waals surface area (Å²) < 4.78 is 14.1. The Labute approximate surface area is 167 Å². The maximum atomic E-state index is 5.37. The molecule has 28 heavy (non-hydrogen) atoms. The highest BCUT2D eigenvalue weighted by Gasteiger charge is 2.06. The molecule has 8 bridgehead atoms. The summed E-state index contributed by atoms with van der Waals surface area (Å²) in [6.07, 6.45) is 7.82. The number of hydrogen-bond donors (Lipinski definition) is 0. The molecule has 132 valence electrons. The van der Waals surface area contributed by atoms with Gasteiger partial charge in [0.05, 0.1) is 44.8 Å². The van der Waals surface area contributed by atoms with E-state index in [-0.39, 0.29) is 0 Å². The van der Waals surface area contributed by atoms with E-state index < -0.39 is 0 Å². The molecule has 0 aliphatic carbocycles. The first kappa shape index (κ1) is 16.8. The Morgan fingerprint density at radius 1 is 0.536 bits per heavy atom. The molecule has 0 saturated heterocycles. The summed E-state index contributed by atoms with van der Waals surface area (Å²) in [5, 5.41) is 0. The monoisotopic (exact) mass is 396 g/mol. The van der Waals surface area contributed by atoms with Crippen molar-refractivity contribution in [3.8, 4) is 0 Å². The van der Waals surface area contributed by atoms with Gasteiger partial charge in [-0.05, 0) is 72.8 Å². The lowest BCUT2D eigenvalue weighted by Gasteiger charge is -2.03. The highest BCUT2D eigenvalue weighted by Crippen LogP contribution is 2.19. The topological polar surface area (TPSA) is 54.1 Å². The Balaban J connectivity index is 1.90. The predicted molar refractivity (Wildman–Crippen MR) is 111 cm³/mol. The maximum absolute atomic E-state index is 5.37. The Kier molecular flexibility index (Phi) is 3.99. The normalized spacial score (nSPS) is 12.4. The van der Waals surface area contributed by atoms with Crippen LogP contribution in [-0.4, -0.2) is 40.4 Å². The third kappa shape index (κ3) is 2.88. The van der Waals surface area contributed by atoms with Crippen molar-refractivity contribution in [1.29, 1.82) is 0 Å². The van der Waals surface area contributed by atoms with Gasteiger partial charge in [-0.25, -0.2) is 19.4 Å². The first-order valence-corrected chi connectivity index (χ1v) is 9.33. The minimum absolute atomic E-state index is 0.825. The molecule has 0 spiro atoms.